The van der Waals surface area contributed by atoms with E-state index in [1.807, 2.05) is 30.3 Å². The lowest BCUT2D eigenvalue weighted by atomic mass is 10.1. The molecule has 1 heterocycles. The fraction of sp³-hybridized carbons (Fsp3) is 0.188. The summed E-state index contributed by atoms with van der Waals surface area (Å²) in [5.41, 5.74) is 3.08. The van der Waals surface area contributed by atoms with Gasteiger partial charge >= 0.3 is 0 Å². The lowest BCUT2D eigenvalue weighted by Gasteiger charge is -2.05. The van der Waals surface area contributed by atoms with Crippen molar-refractivity contribution < 1.29 is 4.79 Å². The smallest absolute Gasteiger partial charge is 0.150 e. The third kappa shape index (κ3) is 2.02. The van der Waals surface area contributed by atoms with Crippen molar-refractivity contribution in [2.75, 3.05) is 5.88 Å². The summed E-state index contributed by atoms with van der Waals surface area (Å²) in [6.45, 7) is 0.897. The molecule has 0 N–H and O–H groups in total. The number of rotatable bonds is 4. The quantitative estimate of drug-likeness (QED) is 0.514. The summed E-state index contributed by atoms with van der Waals surface area (Å²) in [6.07, 6.45) is 1.83. The van der Waals surface area contributed by atoms with Crippen LogP contribution in [0.4, 0.5) is 0 Å². The zero-order chi connectivity index (χ0) is 13.2. The summed E-state index contributed by atoms with van der Waals surface area (Å²) in [6, 6.07) is 14.1. The summed E-state index contributed by atoms with van der Waals surface area (Å²) >= 11 is 5.81. The van der Waals surface area contributed by atoms with E-state index in [2.05, 4.69) is 16.7 Å². The van der Waals surface area contributed by atoms with E-state index in [0.717, 1.165) is 30.2 Å². The van der Waals surface area contributed by atoms with Crippen LogP contribution >= 0.6 is 11.6 Å². The van der Waals surface area contributed by atoms with Crippen LogP contribution in [0.15, 0.2) is 42.5 Å². The standard InChI is InChI=1S/C16H14ClNO/c17-8-3-9-18-15-5-2-1-4-13(15)14-10-12(11-19)6-7-16(14)18/h1-2,4-7,10-11H,3,8-9H2. The largest absolute Gasteiger partial charge is 0.340 e. The number of aldehydes is 1. The Balaban J connectivity index is 2.33. The van der Waals surface area contributed by atoms with Gasteiger partial charge in [-0.15, -0.1) is 11.6 Å². The second-order valence-corrected chi connectivity index (χ2v) is 4.98. The molecule has 96 valence electrons. The van der Waals surface area contributed by atoms with Crippen LogP contribution in [0.5, 0.6) is 0 Å². The number of nitrogens with zero attached hydrogens (tertiary/aromatic N) is 1. The van der Waals surface area contributed by atoms with Gasteiger partial charge in [-0.2, -0.15) is 0 Å². The maximum Gasteiger partial charge on any atom is 0.150 e. The van der Waals surface area contributed by atoms with Gasteiger partial charge in [-0.05, 0) is 30.7 Å². The van der Waals surface area contributed by atoms with Crippen LogP contribution in [-0.4, -0.2) is 16.7 Å². The van der Waals surface area contributed by atoms with E-state index in [0.29, 0.717) is 11.4 Å². The molecule has 2 nitrogen and oxygen atoms in total. The number of aryl methyl sites for hydroxylation is 1. The van der Waals surface area contributed by atoms with Gasteiger partial charge in [0.2, 0.25) is 0 Å². The van der Waals surface area contributed by atoms with Crippen molar-refractivity contribution in [1.82, 2.24) is 4.57 Å². The van der Waals surface area contributed by atoms with Crippen LogP contribution in [-0.2, 0) is 6.54 Å². The van der Waals surface area contributed by atoms with Crippen LogP contribution in [0.1, 0.15) is 16.8 Å². The molecule has 0 aliphatic heterocycles. The monoisotopic (exact) mass is 271 g/mol. The predicted octanol–water partition coefficient (Wildman–Crippen LogP) is 4.24. The number of benzene rings is 2. The van der Waals surface area contributed by atoms with E-state index in [1.165, 1.54) is 10.9 Å². The van der Waals surface area contributed by atoms with Crippen molar-refractivity contribution in [2.45, 2.75) is 13.0 Å². The Labute approximate surface area is 116 Å². The highest BCUT2D eigenvalue weighted by Gasteiger charge is 2.10. The molecule has 0 unspecified atom stereocenters. The van der Waals surface area contributed by atoms with Crippen molar-refractivity contribution in [3.8, 4) is 0 Å². The molecule has 0 radical (unpaired) electrons. The number of hydrogen-bond acceptors (Lipinski definition) is 1. The minimum Gasteiger partial charge on any atom is -0.340 e. The van der Waals surface area contributed by atoms with Crippen LogP contribution in [0, 0.1) is 0 Å². The summed E-state index contributed by atoms with van der Waals surface area (Å²) in [4.78, 5) is 10.9. The molecule has 0 saturated heterocycles. The van der Waals surface area contributed by atoms with E-state index in [1.54, 1.807) is 0 Å². The molecular weight excluding hydrogens is 258 g/mol. The first-order valence-electron chi connectivity index (χ1n) is 6.37. The molecule has 3 heteroatoms. The molecule has 1 aromatic heterocycles. The Hall–Kier alpha value is -1.80. The Morgan fingerprint density at radius 2 is 1.84 bits per heavy atom. The molecule has 0 saturated carbocycles. The van der Waals surface area contributed by atoms with Crippen molar-refractivity contribution in [1.29, 1.82) is 0 Å². The molecule has 19 heavy (non-hydrogen) atoms. The van der Waals surface area contributed by atoms with Gasteiger partial charge in [-0.3, -0.25) is 4.79 Å². The average molecular weight is 272 g/mol. The van der Waals surface area contributed by atoms with E-state index in [4.69, 9.17) is 11.6 Å². The fourth-order valence-corrected chi connectivity index (χ4v) is 2.72. The van der Waals surface area contributed by atoms with Gasteiger partial charge in [-0.25, -0.2) is 0 Å². The molecule has 0 fully saturated rings. The molecule has 0 bridgehead atoms. The van der Waals surface area contributed by atoms with Crippen LogP contribution in [0.3, 0.4) is 0 Å². The summed E-state index contributed by atoms with van der Waals surface area (Å²) in [7, 11) is 0. The van der Waals surface area contributed by atoms with E-state index in [9.17, 15) is 4.79 Å². The van der Waals surface area contributed by atoms with E-state index >= 15 is 0 Å². The van der Waals surface area contributed by atoms with Gasteiger partial charge < -0.3 is 4.57 Å². The summed E-state index contributed by atoms with van der Waals surface area (Å²) < 4.78 is 2.28. The van der Waals surface area contributed by atoms with Crippen LogP contribution < -0.4 is 0 Å². The van der Waals surface area contributed by atoms with Gasteiger partial charge in [-0.1, -0.05) is 18.2 Å². The number of fused-ring (bicyclic) bond motifs is 3. The maximum absolute atomic E-state index is 10.9. The molecule has 0 aliphatic rings. The highest BCUT2D eigenvalue weighted by Crippen LogP contribution is 2.29. The Bertz CT molecular complexity index is 745. The number of para-hydroxylation sites is 1. The number of hydrogen-bond donors (Lipinski definition) is 0. The van der Waals surface area contributed by atoms with Gasteiger partial charge in [0.15, 0.2) is 0 Å². The highest BCUT2D eigenvalue weighted by molar-refractivity contribution is 6.17. The summed E-state index contributed by atoms with van der Waals surface area (Å²) in [5.74, 6) is 0.653. The Morgan fingerprint density at radius 1 is 1.05 bits per heavy atom. The number of carbonyl (C=O) groups excluding carboxylic acids is 1. The normalized spacial score (nSPS) is 11.2. The van der Waals surface area contributed by atoms with E-state index in [-0.39, 0.29) is 0 Å². The second-order valence-electron chi connectivity index (χ2n) is 4.61. The molecular formula is C16H14ClNO. The summed E-state index contributed by atoms with van der Waals surface area (Å²) in [5, 5.41) is 2.32. The van der Waals surface area contributed by atoms with Crippen molar-refractivity contribution in [3.63, 3.8) is 0 Å². The minimum absolute atomic E-state index is 0.653. The van der Waals surface area contributed by atoms with Crippen LogP contribution in [0.25, 0.3) is 21.8 Å². The maximum atomic E-state index is 10.9. The predicted molar refractivity (Wildman–Crippen MR) is 80.2 cm³/mol. The van der Waals surface area contributed by atoms with Gasteiger partial charge in [0.25, 0.3) is 0 Å². The van der Waals surface area contributed by atoms with Crippen molar-refractivity contribution in [2.24, 2.45) is 0 Å². The van der Waals surface area contributed by atoms with Crippen LogP contribution in [0.2, 0.25) is 0 Å². The topological polar surface area (TPSA) is 22.0 Å². The molecule has 0 aliphatic carbocycles. The first kappa shape index (κ1) is 12.2. The van der Waals surface area contributed by atoms with Gasteiger partial charge in [0.05, 0.1) is 0 Å². The zero-order valence-electron chi connectivity index (χ0n) is 10.5. The van der Waals surface area contributed by atoms with Crippen molar-refractivity contribution in [3.05, 3.63) is 48.0 Å². The third-order valence-electron chi connectivity index (χ3n) is 3.45. The molecule has 0 amide bonds. The Morgan fingerprint density at radius 3 is 2.63 bits per heavy atom. The molecule has 0 atom stereocenters. The molecule has 0 spiro atoms. The SMILES string of the molecule is O=Cc1ccc2c(c1)c1ccccc1n2CCCCl. The highest BCUT2D eigenvalue weighted by atomic mass is 35.5. The van der Waals surface area contributed by atoms with E-state index < -0.39 is 0 Å². The number of alkyl halides is 1. The number of halogens is 1. The number of aromatic nitrogens is 1. The Kier molecular flexibility index (Phi) is 3.26. The van der Waals surface area contributed by atoms with Gasteiger partial charge in [0, 0.05) is 39.8 Å². The lowest BCUT2D eigenvalue weighted by Crippen LogP contribution is -1.98. The van der Waals surface area contributed by atoms with Gasteiger partial charge in [0.1, 0.15) is 6.29 Å². The minimum atomic E-state index is 0.653. The van der Waals surface area contributed by atoms with Crippen molar-refractivity contribution >= 4 is 39.7 Å². The average Bonchev–Trinajstić information content (AvgIpc) is 2.78. The molecule has 3 rings (SSSR count). The second kappa shape index (κ2) is 5.06. The third-order valence-corrected chi connectivity index (χ3v) is 3.72. The molecule has 2 aromatic carbocycles. The zero-order valence-corrected chi connectivity index (χ0v) is 11.2. The number of carbonyl (C=O) groups is 1. The first-order valence-corrected chi connectivity index (χ1v) is 6.90. The first-order chi connectivity index (χ1) is 9.35. The fourth-order valence-electron chi connectivity index (χ4n) is 2.60. The lowest BCUT2D eigenvalue weighted by molar-refractivity contribution is 0.112. The molecule has 3 aromatic rings.